The number of nitrogens with zero attached hydrogens (tertiary/aromatic N) is 1. The van der Waals surface area contributed by atoms with E-state index in [2.05, 4.69) is 12.6 Å². The number of benzene rings is 1. The number of nitro benzene ring substituents is 1. The van der Waals surface area contributed by atoms with E-state index in [1.54, 1.807) is 25.1 Å². The minimum Gasteiger partial charge on any atom is -0.486 e. The Labute approximate surface area is 123 Å². The van der Waals surface area contributed by atoms with Gasteiger partial charge >= 0.3 is 5.69 Å². The molecule has 1 aromatic rings. The molecule has 0 spiro atoms. The van der Waals surface area contributed by atoms with Crippen molar-refractivity contribution < 1.29 is 14.4 Å². The van der Waals surface area contributed by atoms with Gasteiger partial charge in [0.25, 0.3) is 0 Å². The molecule has 0 saturated carbocycles. The molecule has 0 N–H and O–H groups in total. The molecule has 1 aromatic carbocycles. The summed E-state index contributed by atoms with van der Waals surface area (Å²) in [5.74, 6) is 1.03. The number of rotatable bonds is 5. The van der Waals surface area contributed by atoms with Gasteiger partial charge in [-0.05, 0) is 31.6 Å². The third-order valence-corrected chi connectivity index (χ3v) is 4.48. The maximum Gasteiger partial charge on any atom is 0.313 e. The van der Waals surface area contributed by atoms with Crippen LogP contribution in [-0.4, -0.2) is 30.5 Å². The van der Waals surface area contributed by atoms with Gasteiger partial charge in [0.1, 0.15) is 0 Å². The minimum atomic E-state index is -0.387. The summed E-state index contributed by atoms with van der Waals surface area (Å²) < 4.78 is 11.1. The van der Waals surface area contributed by atoms with E-state index in [1.807, 2.05) is 0 Å². The minimum absolute atomic E-state index is 0.0499. The Morgan fingerprint density at radius 2 is 2.15 bits per heavy atom. The second kappa shape index (κ2) is 6.45. The molecule has 6 heteroatoms. The summed E-state index contributed by atoms with van der Waals surface area (Å²) in [7, 11) is 0. The van der Waals surface area contributed by atoms with Gasteiger partial charge in [-0.15, -0.1) is 0 Å². The lowest BCUT2D eigenvalue weighted by Gasteiger charge is -2.35. The topological polar surface area (TPSA) is 61.6 Å². The second-order valence-corrected chi connectivity index (χ2v) is 5.55. The molecule has 1 saturated heterocycles. The van der Waals surface area contributed by atoms with Crippen LogP contribution in [0.2, 0.25) is 0 Å². The summed E-state index contributed by atoms with van der Waals surface area (Å²) in [6.45, 7) is 3.54. The summed E-state index contributed by atoms with van der Waals surface area (Å²) in [5, 5.41) is 11.1. The van der Waals surface area contributed by atoms with Crippen LogP contribution < -0.4 is 4.74 Å². The van der Waals surface area contributed by atoms with Gasteiger partial charge in [0.2, 0.25) is 0 Å². The van der Waals surface area contributed by atoms with Crippen molar-refractivity contribution in [3.8, 4) is 5.75 Å². The Morgan fingerprint density at radius 3 is 2.75 bits per heavy atom. The highest BCUT2D eigenvalue weighted by Gasteiger charge is 2.33. The SMILES string of the molecule is Cc1cccc(OCC2(CS)CCOCC2)c1[N+](=O)[O-]. The summed E-state index contributed by atoms with van der Waals surface area (Å²) in [4.78, 5) is 10.7. The third kappa shape index (κ3) is 3.24. The van der Waals surface area contributed by atoms with Crippen LogP contribution in [0, 0.1) is 22.5 Å². The first-order valence-electron chi connectivity index (χ1n) is 6.63. The Bertz CT molecular complexity index is 486. The fourth-order valence-electron chi connectivity index (χ4n) is 2.37. The van der Waals surface area contributed by atoms with Gasteiger partial charge in [-0.1, -0.05) is 12.1 Å². The zero-order valence-electron chi connectivity index (χ0n) is 11.5. The number of para-hydroxylation sites is 1. The molecule has 1 heterocycles. The molecule has 0 aliphatic carbocycles. The molecule has 0 unspecified atom stereocenters. The first-order valence-corrected chi connectivity index (χ1v) is 7.27. The van der Waals surface area contributed by atoms with E-state index in [9.17, 15) is 10.1 Å². The molecule has 0 aromatic heterocycles. The highest BCUT2D eigenvalue weighted by atomic mass is 32.1. The maximum atomic E-state index is 11.1. The maximum absolute atomic E-state index is 11.1. The quantitative estimate of drug-likeness (QED) is 0.515. The number of thiol groups is 1. The normalized spacial score (nSPS) is 17.7. The predicted octanol–water partition coefficient (Wildman–Crippen LogP) is 3.01. The average Bonchev–Trinajstić information content (AvgIpc) is 2.45. The Morgan fingerprint density at radius 1 is 1.45 bits per heavy atom. The van der Waals surface area contributed by atoms with E-state index < -0.39 is 0 Å². The molecule has 1 aliphatic heterocycles. The molecule has 0 radical (unpaired) electrons. The third-order valence-electron chi connectivity index (χ3n) is 3.81. The second-order valence-electron chi connectivity index (χ2n) is 5.24. The highest BCUT2D eigenvalue weighted by molar-refractivity contribution is 7.80. The molecule has 0 atom stereocenters. The standard InChI is InChI=1S/C14H19NO4S/c1-11-3-2-4-12(13(11)15(16)17)19-9-14(10-20)5-7-18-8-6-14/h2-4,20H,5-10H2,1H3. The van der Waals surface area contributed by atoms with E-state index >= 15 is 0 Å². The van der Waals surface area contributed by atoms with Crippen LogP contribution in [0.4, 0.5) is 5.69 Å². The molecule has 0 amide bonds. The summed E-state index contributed by atoms with van der Waals surface area (Å²) in [6, 6.07) is 5.14. The van der Waals surface area contributed by atoms with E-state index in [1.165, 1.54) is 0 Å². The molecule has 20 heavy (non-hydrogen) atoms. The number of hydrogen-bond donors (Lipinski definition) is 1. The molecule has 110 valence electrons. The molecule has 1 fully saturated rings. The van der Waals surface area contributed by atoms with Gasteiger partial charge < -0.3 is 9.47 Å². The molecular formula is C14H19NO4S. The number of ether oxygens (including phenoxy) is 2. The van der Waals surface area contributed by atoms with Crippen LogP contribution in [0.5, 0.6) is 5.75 Å². The monoisotopic (exact) mass is 297 g/mol. The van der Waals surface area contributed by atoms with Crippen LogP contribution in [-0.2, 0) is 4.74 Å². The van der Waals surface area contributed by atoms with E-state index in [0.717, 1.165) is 12.8 Å². The van der Waals surface area contributed by atoms with Gasteiger partial charge in [-0.25, -0.2) is 0 Å². The van der Waals surface area contributed by atoms with Gasteiger partial charge in [-0.3, -0.25) is 10.1 Å². The molecule has 1 aliphatic rings. The van der Waals surface area contributed by atoms with Crippen LogP contribution in [0.3, 0.4) is 0 Å². The number of hydrogen-bond acceptors (Lipinski definition) is 5. The van der Waals surface area contributed by atoms with Crippen molar-refractivity contribution in [3.63, 3.8) is 0 Å². The molecular weight excluding hydrogens is 278 g/mol. The zero-order valence-corrected chi connectivity index (χ0v) is 12.4. The van der Waals surface area contributed by atoms with Gasteiger partial charge in [0.15, 0.2) is 5.75 Å². The molecule has 2 rings (SSSR count). The lowest BCUT2D eigenvalue weighted by atomic mass is 9.83. The summed E-state index contributed by atoms with van der Waals surface area (Å²) in [6.07, 6.45) is 1.74. The van der Waals surface area contributed by atoms with E-state index in [-0.39, 0.29) is 16.0 Å². The summed E-state index contributed by atoms with van der Waals surface area (Å²) >= 11 is 4.41. The average molecular weight is 297 g/mol. The van der Waals surface area contributed by atoms with Crippen LogP contribution in [0.15, 0.2) is 18.2 Å². The largest absolute Gasteiger partial charge is 0.486 e. The fourth-order valence-corrected chi connectivity index (χ4v) is 2.77. The first kappa shape index (κ1) is 15.1. The van der Waals surface area contributed by atoms with Crippen LogP contribution >= 0.6 is 12.6 Å². The van der Waals surface area contributed by atoms with Crippen molar-refractivity contribution in [2.75, 3.05) is 25.6 Å². The van der Waals surface area contributed by atoms with E-state index in [0.29, 0.717) is 36.9 Å². The van der Waals surface area contributed by atoms with Gasteiger partial charge in [0.05, 0.1) is 11.5 Å². The lowest BCUT2D eigenvalue weighted by Crippen LogP contribution is -2.37. The molecule has 5 nitrogen and oxygen atoms in total. The van der Waals surface area contributed by atoms with Crippen molar-refractivity contribution in [1.82, 2.24) is 0 Å². The molecule has 0 bridgehead atoms. The van der Waals surface area contributed by atoms with Gasteiger partial charge in [0, 0.05) is 24.2 Å². The first-order chi connectivity index (χ1) is 9.58. The smallest absolute Gasteiger partial charge is 0.313 e. The summed E-state index contributed by atoms with van der Waals surface area (Å²) in [5.41, 5.74) is 0.604. The Kier molecular flexibility index (Phi) is 4.88. The van der Waals surface area contributed by atoms with Crippen LogP contribution in [0.25, 0.3) is 0 Å². The highest BCUT2D eigenvalue weighted by Crippen LogP contribution is 2.35. The van der Waals surface area contributed by atoms with Crippen molar-refractivity contribution in [3.05, 3.63) is 33.9 Å². The van der Waals surface area contributed by atoms with Crippen molar-refractivity contribution in [2.24, 2.45) is 5.41 Å². The Hall–Kier alpha value is -1.27. The number of nitro groups is 1. The van der Waals surface area contributed by atoms with Crippen molar-refractivity contribution in [2.45, 2.75) is 19.8 Å². The van der Waals surface area contributed by atoms with Gasteiger partial charge in [-0.2, -0.15) is 12.6 Å². The zero-order chi connectivity index (χ0) is 14.6. The van der Waals surface area contributed by atoms with Crippen LogP contribution in [0.1, 0.15) is 18.4 Å². The van der Waals surface area contributed by atoms with Crippen molar-refractivity contribution >= 4 is 18.3 Å². The fraction of sp³-hybridized carbons (Fsp3) is 0.571. The van der Waals surface area contributed by atoms with Crippen molar-refractivity contribution in [1.29, 1.82) is 0 Å². The number of aryl methyl sites for hydroxylation is 1. The lowest BCUT2D eigenvalue weighted by molar-refractivity contribution is -0.386. The van der Waals surface area contributed by atoms with E-state index in [4.69, 9.17) is 9.47 Å². The predicted molar refractivity (Wildman–Crippen MR) is 79.7 cm³/mol. The Balaban J connectivity index is 2.14.